The molecule has 1 aliphatic rings. The van der Waals surface area contributed by atoms with Crippen LogP contribution in [-0.4, -0.2) is 40.6 Å². The van der Waals surface area contributed by atoms with Gasteiger partial charge in [-0.05, 0) is 39.7 Å². The lowest BCUT2D eigenvalue weighted by molar-refractivity contribution is 0.0595. The standard InChI is InChI=1S/C14H22N2O5S/c1-9-12(14(17)20-3)13(10(2)21-9)22(18,19)16-8-6-11-5-4-7-15-11/h11,15-16H,4-8H2,1-3H3/t11-/m1/s1. The van der Waals surface area contributed by atoms with Gasteiger partial charge in [-0.3, -0.25) is 0 Å². The predicted molar refractivity (Wildman–Crippen MR) is 80.4 cm³/mol. The Morgan fingerprint density at radius 2 is 2.14 bits per heavy atom. The Labute approximate surface area is 130 Å². The highest BCUT2D eigenvalue weighted by atomic mass is 32.2. The molecule has 0 aromatic carbocycles. The normalized spacial score (nSPS) is 18.6. The number of carbonyl (C=O) groups is 1. The third kappa shape index (κ3) is 3.50. The Morgan fingerprint density at radius 3 is 2.73 bits per heavy atom. The number of hydrogen-bond acceptors (Lipinski definition) is 6. The molecule has 1 saturated heterocycles. The zero-order valence-electron chi connectivity index (χ0n) is 13.1. The van der Waals surface area contributed by atoms with Gasteiger partial charge in [0.15, 0.2) is 0 Å². The molecule has 7 nitrogen and oxygen atoms in total. The minimum absolute atomic E-state index is 0.0357. The van der Waals surface area contributed by atoms with Crippen LogP contribution in [0.2, 0.25) is 0 Å². The van der Waals surface area contributed by atoms with Crippen LogP contribution in [0.25, 0.3) is 0 Å². The number of aryl methyl sites for hydroxylation is 2. The van der Waals surface area contributed by atoms with E-state index in [2.05, 4.69) is 14.8 Å². The molecular formula is C14H22N2O5S. The molecule has 0 bridgehead atoms. The fraction of sp³-hybridized carbons (Fsp3) is 0.643. The van der Waals surface area contributed by atoms with Gasteiger partial charge < -0.3 is 14.5 Å². The number of methoxy groups -OCH3 is 1. The maximum absolute atomic E-state index is 12.5. The Kier molecular flexibility index (Phi) is 5.25. The highest BCUT2D eigenvalue weighted by Gasteiger charge is 2.31. The lowest BCUT2D eigenvalue weighted by atomic mass is 10.2. The van der Waals surface area contributed by atoms with Gasteiger partial charge in [-0.2, -0.15) is 0 Å². The smallest absolute Gasteiger partial charge is 0.342 e. The van der Waals surface area contributed by atoms with Gasteiger partial charge in [-0.15, -0.1) is 0 Å². The lowest BCUT2D eigenvalue weighted by Crippen LogP contribution is -2.31. The number of rotatable bonds is 6. The van der Waals surface area contributed by atoms with E-state index >= 15 is 0 Å². The van der Waals surface area contributed by atoms with Gasteiger partial charge in [0.2, 0.25) is 10.0 Å². The number of esters is 1. The van der Waals surface area contributed by atoms with Crippen LogP contribution in [0.4, 0.5) is 0 Å². The summed E-state index contributed by atoms with van der Waals surface area (Å²) < 4.78 is 37.5. The van der Waals surface area contributed by atoms with Crippen molar-refractivity contribution in [1.29, 1.82) is 0 Å². The van der Waals surface area contributed by atoms with E-state index in [4.69, 9.17) is 4.42 Å². The molecule has 0 radical (unpaired) electrons. The van der Waals surface area contributed by atoms with Crippen LogP contribution in [0.15, 0.2) is 9.31 Å². The van der Waals surface area contributed by atoms with Crippen LogP contribution in [0, 0.1) is 13.8 Å². The largest absolute Gasteiger partial charge is 0.465 e. The second-order valence-electron chi connectivity index (χ2n) is 5.39. The third-order valence-electron chi connectivity index (χ3n) is 3.81. The highest BCUT2D eigenvalue weighted by molar-refractivity contribution is 7.89. The first-order chi connectivity index (χ1) is 10.4. The minimum atomic E-state index is -3.82. The SMILES string of the molecule is COC(=O)c1c(C)oc(C)c1S(=O)(=O)NCC[C@H]1CCCN1. The summed E-state index contributed by atoms with van der Waals surface area (Å²) in [6, 6.07) is 0.343. The summed E-state index contributed by atoms with van der Waals surface area (Å²) in [6.45, 7) is 4.35. The van der Waals surface area contributed by atoms with Crippen LogP contribution in [0.1, 0.15) is 41.1 Å². The van der Waals surface area contributed by atoms with E-state index in [0.717, 1.165) is 19.4 Å². The van der Waals surface area contributed by atoms with Gasteiger partial charge in [0.1, 0.15) is 22.0 Å². The van der Waals surface area contributed by atoms with Gasteiger partial charge in [-0.1, -0.05) is 0 Å². The van der Waals surface area contributed by atoms with Gasteiger partial charge in [0.25, 0.3) is 0 Å². The summed E-state index contributed by atoms with van der Waals surface area (Å²) in [6.07, 6.45) is 2.88. The molecule has 22 heavy (non-hydrogen) atoms. The first-order valence-electron chi connectivity index (χ1n) is 7.28. The summed E-state index contributed by atoms with van der Waals surface area (Å²) in [5, 5.41) is 3.31. The molecule has 0 saturated carbocycles. The maximum atomic E-state index is 12.5. The predicted octanol–water partition coefficient (Wildman–Crippen LogP) is 1.10. The molecule has 1 aromatic heterocycles. The topological polar surface area (TPSA) is 97.6 Å². The van der Waals surface area contributed by atoms with Gasteiger partial charge in [-0.25, -0.2) is 17.9 Å². The Balaban J connectivity index is 2.16. The highest BCUT2D eigenvalue weighted by Crippen LogP contribution is 2.27. The molecule has 124 valence electrons. The average Bonchev–Trinajstić information content (AvgIpc) is 3.05. The van der Waals surface area contributed by atoms with Crippen molar-refractivity contribution in [3.05, 3.63) is 17.1 Å². The summed E-state index contributed by atoms with van der Waals surface area (Å²) in [5.41, 5.74) is -0.0357. The quantitative estimate of drug-likeness (QED) is 0.758. The number of furan rings is 1. The van der Waals surface area contributed by atoms with Crippen LogP contribution in [0.3, 0.4) is 0 Å². The van der Waals surface area contributed by atoms with Crippen molar-refractivity contribution in [3.63, 3.8) is 0 Å². The molecule has 8 heteroatoms. The van der Waals surface area contributed by atoms with E-state index in [1.165, 1.54) is 14.0 Å². The molecule has 0 unspecified atom stereocenters. The summed E-state index contributed by atoms with van der Waals surface area (Å²) in [5.74, 6) is -0.293. The average molecular weight is 330 g/mol. The van der Waals surface area contributed by atoms with E-state index < -0.39 is 16.0 Å². The maximum Gasteiger partial charge on any atom is 0.342 e. The number of ether oxygens (including phenoxy) is 1. The van der Waals surface area contributed by atoms with E-state index in [1.807, 2.05) is 0 Å². The van der Waals surface area contributed by atoms with Crippen LogP contribution in [-0.2, 0) is 14.8 Å². The Morgan fingerprint density at radius 1 is 1.41 bits per heavy atom. The summed E-state index contributed by atoms with van der Waals surface area (Å²) >= 11 is 0. The summed E-state index contributed by atoms with van der Waals surface area (Å²) in [4.78, 5) is 11.7. The molecule has 0 aliphatic carbocycles. The van der Waals surface area contributed by atoms with Gasteiger partial charge in [0.05, 0.1) is 7.11 Å². The monoisotopic (exact) mass is 330 g/mol. The zero-order chi connectivity index (χ0) is 16.3. The number of carbonyl (C=O) groups excluding carboxylic acids is 1. The molecule has 2 heterocycles. The molecule has 0 spiro atoms. The lowest BCUT2D eigenvalue weighted by Gasteiger charge is -2.11. The summed E-state index contributed by atoms with van der Waals surface area (Å²) in [7, 11) is -2.61. The van der Waals surface area contributed by atoms with Crippen molar-refractivity contribution in [2.24, 2.45) is 0 Å². The van der Waals surface area contributed by atoms with E-state index in [9.17, 15) is 13.2 Å². The molecule has 1 aromatic rings. The molecule has 1 fully saturated rings. The number of hydrogen-bond donors (Lipinski definition) is 2. The second kappa shape index (κ2) is 6.80. The second-order valence-corrected chi connectivity index (χ2v) is 7.09. The van der Waals surface area contributed by atoms with Crippen molar-refractivity contribution >= 4 is 16.0 Å². The number of sulfonamides is 1. The van der Waals surface area contributed by atoms with Crippen molar-refractivity contribution in [2.75, 3.05) is 20.2 Å². The van der Waals surface area contributed by atoms with Gasteiger partial charge in [0, 0.05) is 12.6 Å². The number of nitrogens with one attached hydrogen (secondary N) is 2. The minimum Gasteiger partial charge on any atom is -0.465 e. The van der Waals surface area contributed by atoms with E-state index in [0.29, 0.717) is 19.0 Å². The van der Waals surface area contributed by atoms with Crippen molar-refractivity contribution in [3.8, 4) is 0 Å². The molecular weight excluding hydrogens is 308 g/mol. The molecule has 1 atom stereocenters. The first kappa shape index (κ1) is 17.0. The molecule has 2 N–H and O–H groups in total. The van der Waals surface area contributed by atoms with Crippen molar-refractivity contribution in [2.45, 2.75) is 44.0 Å². The molecule has 1 aliphatic heterocycles. The molecule has 0 amide bonds. The van der Waals surface area contributed by atoms with Crippen molar-refractivity contribution < 1.29 is 22.4 Å². The fourth-order valence-corrected chi connectivity index (χ4v) is 4.21. The Bertz CT molecular complexity index is 644. The van der Waals surface area contributed by atoms with Crippen LogP contribution in [0.5, 0.6) is 0 Å². The Hall–Kier alpha value is -1.38. The van der Waals surface area contributed by atoms with E-state index in [1.54, 1.807) is 6.92 Å². The fourth-order valence-electron chi connectivity index (χ4n) is 2.77. The van der Waals surface area contributed by atoms with Crippen LogP contribution >= 0.6 is 0 Å². The van der Waals surface area contributed by atoms with E-state index in [-0.39, 0.29) is 22.0 Å². The van der Waals surface area contributed by atoms with Crippen molar-refractivity contribution in [1.82, 2.24) is 10.0 Å². The first-order valence-corrected chi connectivity index (χ1v) is 8.76. The van der Waals surface area contributed by atoms with Crippen LogP contribution < -0.4 is 10.0 Å². The molecule has 2 rings (SSSR count). The zero-order valence-corrected chi connectivity index (χ0v) is 13.9. The third-order valence-corrected chi connectivity index (χ3v) is 5.42. The van der Waals surface area contributed by atoms with Gasteiger partial charge >= 0.3 is 5.97 Å².